The third-order valence-electron chi connectivity index (χ3n) is 7.00. The van der Waals surface area contributed by atoms with E-state index in [1.807, 2.05) is 0 Å². The lowest BCUT2D eigenvalue weighted by molar-refractivity contribution is 1.51. The average Bonchev–Trinajstić information content (AvgIpc) is 3.18. The summed E-state index contributed by atoms with van der Waals surface area (Å²) in [6.45, 7) is 2.21. The Hall–Kier alpha value is -4.16. The molecule has 0 unspecified atom stereocenters. The van der Waals surface area contributed by atoms with Crippen molar-refractivity contribution in [1.82, 2.24) is 0 Å². The molecule has 1 aliphatic carbocycles. The Morgan fingerprint density at radius 3 is 1.58 bits per heavy atom. The molecule has 0 bridgehead atoms. The average molecular weight is 419 g/mol. The molecule has 0 amide bonds. The highest BCUT2D eigenvalue weighted by Crippen LogP contribution is 2.57. The van der Waals surface area contributed by atoms with E-state index in [4.69, 9.17) is 0 Å². The van der Waals surface area contributed by atoms with Crippen LogP contribution in [0.2, 0.25) is 0 Å². The largest absolute Gasteiger partial charge is 0.0622 e. The summed E-state index contributed by atoms with van der Waals surface area (Å²) in [7, 11) is 0. The van der Waals surface area contributed by atoms with Crippen molar-refractivity contribution in [2.24, 2.45) is 0 Å². The van der Waals surface area contributed by atoms with E-state index in [9.17, 15) is 0 Å². The predicted octanol–water partition coefficient (Wildman–Crippen LogP) is 9.28. The van der Waals surface area contributed by atoms with E-state index >= 15 is 0 Å². The van der Waals surface area contributed by atoms with Gasteiger partial charge < -0.3 is 0 Å². The molecule has 7 rings (SSSR count). The van der Waals surface area contributed by atoms with Crippen LogP contribution in [0, 0.1) is 6.92 Å². The molecule has 0 heteroatoms. The van der Waals surface area contributed by atoms with Crippen LogP contribution in [-0.4, -0.2) is 0 Å². The number of fused-ring (bicyclic) bond motifs is 4. The van der Waals surface area contributed by atoms with Gasteiger partial charge in [-0.05, 0) is 78.5 Å². The molecule has 0 saturated carbocycles. The van der Waals surface area contributed by atoms with Gasteiger partial charge in [0.25, 0.3) is 0 Å². The van der Waals surface area contributed by atoms with Gasteiger partial charge in [-0.15, -0.1) is 0 Å². The summed E-state index contributed by atoms with van der Waals surface area (Å²) in [6, 6.07) is 42.2. The van der Waals surface area contributed by atoms with Crippen LogP contribution in [0.3, 0.4) is 0 Å². The summed E-state index contributed by atoms with van der Waals surface area (Å²) in [5.41, 5.74) is 12.0. The van der Waals surface area contributed by atoms with Crippen LogP contribution in [-0.2, 0) is 0 Å². The summed E-state index contributed by atoms with van der Waals surface area (Å²) in [5.74, 6) is 0. The van der Waals surface area contributed by atoms with E-state index in [1.165, 1.54) is 71.6 Å². The van der Waals surface area contributed by atoms with E-state index in [1.54, 1.807) is 0 Å². The third-order valence-corrected chi connectivity index (χ3v) is 7.00. The normalized spacial score (nSPS) is 11.8. The molecule has 6 aromatic rings. The Kier molecular flexibility index (Phi) is 3.86. The molecule has 0 aliphatic heterocycles. The summed E-state index contributed by atoms with van der Waals surface area (Å²) in [5, 5.41) is 5.31. The van der Waals surface area contributed by atoms with E-state index < -0.39 is 0 Å². The molecule has 0 radical (unpaired) electrons. The van der Waals surface area contributed by atoms with Gasteiger partial charge in [0.15, 0.2) is 0 Å². The lowest BCUT2D eigenvalue weighted by atomic mass is 9.82. The minimum Gasteiger partial charge on any atom is -0.0622 e. The predicted molar refractivity (Wildman–Crippen MR) is 141 cm³/mol. The first-order chi connectivity index (χ1) is 16.3. The van der Waals surface area contributed by atoms with E-state index in [-0.39, 0.29) is 0 Å². The Bertz CT molecular complexity index is 1690. The highest BCUT2D eigenvalue weighted by atomic mass is 14.3. The van der Waals surface area contributed by atoms with Crippen molar-refractivity contribution in [3.05, 3.63) is 121 Å². The van der Waals surface area contributed by atoms with Gasteiger partial charge >= 0.3 is 0 Å². The number of hydrogen-bond acceptors (Lipinski definition) is 0. The Labute approximate surface area is 193 Å². The van der Waals surface area contributed by atoms with Crippen molar-refractivity contribution in [1.29, 1.82) is 0 Å². The van der Waals surface area contributed by atoms with Crippen LogP contribution >= 0.6 is 0 Å². The van der Waals surface area contributed by atoms with Gasteiger partial charge in [0.1, 0.15) is 0 Å². The molecule has 33 heavy (non-hydrogen) atoms. The summed E-state index contributed by atoms with van der Waals surface area (Å²) >= 11 is 0. The second-order valence-corrected chi connectivity index (χ2v) is 8.99. The van der Waals surface area contributed by atoms with Gasteiger partial charge in [-0.25, -0.2) is 0 Å². The van der Waals surface area contributed by atoms with Crippen molar-refractivity contribution in [3.8, 4) is 44.5 Å². The van der Waals surface area contributed by atoms with Crippen molar-refractivity contribution < 1.29 is 0 Å². The Balaban J connectivity index is 1.78. The monoisotopic (exact) mass is 418 g/mol. The molecule has 154 valence electrons. The minimum atomic E-state index is 1.27. The Morgan fingerprint density at radius 1 is 0.424 bits per heavy atom. The molecular weight excluding hydrogens is 396 g/mol. The first kappa shape index (κ1) is 18.4. The third kappa shape index (κ3) is 2.58. The minimum absolute atomic E-state index is 1.27. The van der Waals surface area contributed by atoms with Gasteiger partial charge in [0.2, 0.25) is 0 Å². The first-order valence-corrected chi connectivity index (χ1v) is 11.5. The van der Waals surface area contributed by atoms with Gasteiger partial charge in [0.05, 0.1) is 0 Å². The summed E-state index contributed by atoms with van der Waals surface area (Å²) in [6.07, 6.45) is 0. The lowest BCUT2D eigenvalue weighted by Crippen LogP contribution is -1.93. The highest BCUT2D eigenvalue weighted by molar-refractivity contribution is 6.27. The molecule has 0 heterocycles. The first-order valence-electron chi connectivity index (χ1n) is 11.5. The fraction of sp³-hybridized carbons (Fsp3) is 0.0303. The number of aryl methyl sites for hydroxylation is 1. The van der Waals surface area contributed by atoms with Crippen LogP contribution < -0.4 is 0 Å². The Morgan fingerprint density at radius 2 is 0.970 bits per heavy atom. The fourth-order valence-electron chi connectivity index (χ4n) is 5.77. The molecule has 1 aliphatic rings. The topological polar surface area (TPSA) is 0 Å². The maximum atomic E-state index is 2.38. The standard InChI is InChI=1S/C33H22/c1-21-19-24-15-10-18-27-29(24)28(20-21)33-31(23-13-6-3-7-14-23)26-17-9-8-16-25(26)30(32(27)33)22-11-4-2-5-12-22/h2-20H,1H3. The van der Waals surface area contributed by atoms with Crippen LogP contribution in [0.1, 0.15) is 5.56 Å². The van der Waals surface area contributed by atoms with Gasteiger partial charge in [-0.2, -0.15) is 0 Å². The maximum Gasteiger partial charge on any atom is -0.000732 e. The van der Waals surface area contributed by atoms with E-state index in [0.29, 0.717) is 0 Å². The zero-order valence-corrected chi connectivity index (χ0v) is 18.5. The second kappa shape index (κ2) is 6.92. The molecule has 6 aromatic carbocycles. The number of hydrogen-bond donors (Lipinski definition) is 0. The van der Waals surface area contributed by atoms with Gasteiger partial charge in [0, 0.05) is 0 Å². The van der Waals surface area contributed by atoms with Gasteiger partial charge in [-0.1, -0.05) is 115 Å². The molecule has 0 aromatic heterocycles. The zero-order valence-electron chi connectivity index (χ0n) is 18.5. The van der Waals surface area contributed by atoms with Crippen molar-refractivity contribution in [3.63, 3.8) is 0 Å². The van der Waals surface area contributed by atoms with Crippen LogP contribution in [0.15, 0.2) is 115 Å². The van der Waals surface area contributed by atoms with Crippen molar-refractivity contribution in [2.45, 2.75) is 6.92 Å². The van der Waals surface area contributed by atoms with Gasteiger partial charge in [-0.3, -0.25) is 0 Å². The molecule has 0 atom stereocenters. The quantitative estimate of drug-likeness (QED) is 0.262. The molecular formula is C33H22. The van der Waals surface area contributed by atoms with Crippen molar-refractivity contribution >= 4 is 21.5 Å². The molecule has 0 N–H and O–H groups in total. The fourth-order valence-corrected chi connectivity index (χ4v) is 5.77. The van der Waals surface area contributed by atoms with Crippen LogP contribution in [0.25, 0.3) is 66.1 Å². The molecule has 0 saturated heterocycles. The molecule has 0 fully saturated rings. The number of rotatable bonds is 2. The van der Waals surface area contributed by atoms with E-state index in [0.717, 1.165) is 0 Å². The highest BCUT2D eigenvalue weighted by Gasteiger charge is 2.30. The maximum absolute atomic E-state index is 2.38. The summed E-state index contributed by atoms with van der Waals surface area (Å²) < 4.78 is 0. The van der Waals surface area contributed by atoms with E-state index in [2.05, 4.69) is 122 Å². The van der Waals surface area contributed by atoms with Crippen molar-refractivity contribution in [2.75, 3.05) is 0 Å². The lowest BCUT2D eigenvalue weighted by Gasteiger charge is -2.20. The van der Waals surface area contributed by atoms with Crippen LogP contribution in [0.5, 0.6) is 0 Å². The second-order valence-electron chi connectivity index (χ2n) is 8.99. The summed E-state index contributed by atoms with van der Waals surface area (Å²) in [4.78, 5) is 0. The smallest absolute Gasteiger partial charge is 0.000732 e. The zero-order chi connectivity index (χ0) is 21.9. The van der Waals surface area contributed by atoms with Crippen LogP contribution in [0.4, 0.5) is 0 Å². The molecule has 0 spiro atoms. The molecule has 0 nitrogen and oxygen atoms in total. The SMILES string of the molecule is Cc1cc2c3c(cccc3c1)-c1c-2c(-c2ccccc2)c2ccccc2c1-c1ccccc1. The number of benzene rings is 6.